The number of benzene rings is 1. The fraction of sp³-hybridized carbons (Fsp3) is 0.455. The van der Waals surface area contributed by atoms with E-state index in [9.17, 15) is 8.42 Å². The Morgan fingerprint density at radius 2 is 2.11 bits per heavy atom. The van der Waals surface area contributed by atoms with Crippen LogP contribution in [-0.4, -0.2) is 26.0 Å². The van der Waals surface area contributed by atoms with Gasteiger partial charge in [0.05, 0.1) is 10.7 Å². The maximum atomic E-state index is 12.3. The molecule has 0 amide bonds. The molecule has 1 unspecified atom stereocenters. The van der Waals surface area contributed by atoms with Crippen molar-refractivity contribution in [2.75, 3.05) is 17.2 Å². The zero-order chi connectivity index (χ0) is 14.0. The molecule has 1 aromatic carbocycles. The fourth-order valence-electron chi connectivity index (χ4n) is 1.98. The lowest BCUT2D eigenvalue weighted by molar-refractivity contribution is 0.543. The summed E-state index contributed by atoms with van der Waals surface area (Å²) in [6, 6.07) is 2.69. The van der Waals surface area contributed by atoms with Crippen molar-refractivity contribution >= 4 is 50.7 Å². The molecule has 1 aromatic rings. The number of anilines is 1. The van der Waals surface area contributed by atoms with Crippen LogP contribution in [0.4, 0.5) is 5.69 Å². The average molecular weight is 341 g/mol. The van der Waals surface area contributed by atoms with Gasteiger partial charge in [-0.25, -0.2) is 13.1 Å². The molecule has 4 nitrogen and oxygen atoms in total. The molecule has 0 spiro atoms. The second kappa shape index (κ2) is 6.10. The summed E-state index contributed by atoms with van der Waals surface area (Å²) in [6.07, 6.45) is 1.83. The van der Waals surface area contributed by atoms with Gasteiger partial charge in [-0.2, -0.15) is 11.8 Å². The number of thioether (sulfide) groups is 1. The maximum absolute atomic E-state index is 12.3. The molecule has 1 heterocycles. The minimum absolute atomic E-state index is 0.0426. The Morgan fingerprint density at radius 3 is 2.68 bits per heavy atom. The summed E-state index contributed by atoms with van der Waals surface area (Å²) in [5, 5.41) is 0.357. The quantitative estimate of drug-likeness (QED) is 0.830. The predicted octanol–water partition coefficient (Wildman–Crippen LogP) is 2.75. The number of rotatable bonds is 3. The maximum Gasteiger partial charge on any atom is 0.244 e. The molecule has 0 saturated carbocycles. The van der Waals surface area contributed by atoms with E-state index in [0.29, 0.717) is 5.02 Å². The first kappa shape index (κ1) is 15.3. The molecular weight excluding hydrogens is 327 g/mol. The van der Waals surface area contributed by atoms with Gasteiger partial charge in [-0.1, -0.05) is 23.2 Å². The van der Waals surface area contributed by atoms with Gasteiger partial charge < -0.3 is 5.73 Å². The van der Waals surface area contributed by atoms with E-state index in [1.807, 2.05) is 0 Å². The smallest absolute Gasteiger partial charge is 0.244 e. The van der Waals surface area contributed by atoms with Gasteiger partial charge in [0.1, 0.15) is 4.90 Å². The number of halogens is 2. The molecule has 1 aliphatic rings. The van der Waals surface area contributed by atoms with Crippen LogP contribution in [0.3, 0.4) is 0 Å². The van der Waals surface area contributed by atoms with Gasteiger partial charge in [0.15, 0.2) is 0 Å². The SMILES string of the molecule is Nc1cc(Cl)cc(Cl)c1S(=O)(=O)NC1CCCSC1. The largest absolute Gasteiger partial charge is 0.398 e. The zero-order valence-corrected chi connectivity index (χ0v) is 13.2. The molecule has 1 atom stereocenters. The van der Waals surface area contributed by atoms with Crippen LogP contribution in [0.2, 0.25) is 10.0 Å². The van der Waals surface area contributed by atoms with Crippen LogP contribution in [0.25, 0.3) is 0 Å². The lowest BCUT2D eigenvalue weighted by Gasteiger charge is -2.23. The molecule has 1 aliphatic heterocycles. The Kier molecular flexibility index (Phi) is 4.89. The Morgan fingerprint density at radius 1 is 1.37 bits per heavy atom. The van der Waals surface area contributed by atoms with Gasteiger partial charge in [-0.3, -0.25) is 0 Å². The van der Waals surface area contributed by atoms with Gasteiger partial charge in [0, 0.05) is 16.8 Å². The molecule has 0 aliphatic carbocycles. The van der Waals surface area contributed by atoms with Crippen LogP contribution in [0.1, 0.15) is 12.8 Å². The van der Waals surface area contributed by atoms with Crippen molar-refractivity contribution in [3.8, 4) is 0 Å². The normalized spacial score (nSPS) is 20.4. The number of sulfonamides is 1. The Bertz CT molecular complexity index is 549. The van der Waals surface area contributed by atoms with Crippen molar-refractivity contribution in [1.29, 1.82) is 0 Å². The molecule has 2 rings (SSSR count). The summed E-state index contributed by atoms with van der Waals surface area (Å²) in [5.41, 5.74) is 5.78. The van der Waals surface area contributed by atoms with E-state index in [1.165, 1.54) is 12.1 Å². The first-order valence-corrected chi connectivity index (χ1v) is 9.14. The molecule has 0 bridgehead atoms. The van der Waals surface area contributed by atoms with Gasteiger partial charge in [-0.15, -0.1) is 0 Å². The summed E-state index contributed by atoms with van der Waals surface area (Å²) < 4.78 is 27.3. The summed E-state index contributed by atoms with van der Waals surface area (Å²) >= 11 is 13.5. The van der Waals surface area contributed by atoms with Gasteiger partial charge in [0.25, 0.3) is 0 Å². The molecule has 8 heteroatoms. The average Bonchev–Trinajstić information content (AvgIpc) is 2.27. The van der Waals surface area contributed by atoms with E-state index in [1.54, 1.807) is 11.8 Å². The van der Waals surface area contributed by atoms with Gasteiger partial charge in [-0.05, 0) is 30.7 Å². The Balaban J connectivity index is 2.29. The molecule has 1 saturated heterocycles. The van der Waals surface area contributed by atoms with E-state index in [2.05, 4.69) is 4.72 Å². The summed E-state index contributed by atoms with van der Waals surface area (Å²) in [6.45, 7) is 0. The van der Waals surface area contributed by atoms with Gasteiger partial charge in [0.2, 0.25) is 10.0 Å². The molecule has 3 N–H and O–H groups in total. The van der Waals surface area contributed by atoms with Crippen LogP contribution >= 0.6 is 35.0 Å². The number of nitrogens with two attached hydrogens (primary N) is 1. The Labute approximate surface area is 127 Å². The minimum Gasteiger partial charge on any atom is -0.398 e. The zero-order valence-electron chi connectivity index (χ0n) is 10.0. The molecular formula is C11H14Cl2N2O2S2. The predicted molar refractivity (Wildman–Crippen MR) is 81.5 cm³/mol. The van der Waals surface area contributed by atoms with E-state index < -0.39 is 10.0 Å². The first-order chi connectivity index (χ1) is 8.90. The van der Waals surface area contributed by atoms with E-state index >= 15 is 0 Å². The fourth-order valence-corrected chi connectivity index (χ4v) is 5.41. The van der Waals surface area contributed by atoms with Crippen molar-refractivity contribution in [3.05, 3.63) is 22.2 Å². The van der Waals surface area contributed by atoms with Crippen molar-refractivity contribution < 1.29 is 8.42 Å². The van der Waals surface area contributed by atoms with Crippen molar-refractivity contribution in [2.45, 2.75) is 23.8 Å². The van der Waals surface area contributed by atoms with Crippen molar-refractivity contribution in [3.63, 3.8) is 0 Å². The van der Waals surface area contributed by atoms with Crippen molar-refractivity contribution in [1.82, 2.24) is 4.72 Å². The van der Waals surface area contributed by atoms with Gasteiger partial charge >= 0.3 is 0 Å². The van der Waals surface area contributed by atoms with Crippen molar-refractivity contribution in [2.24, 2.45) is 0 Å². The summed E-state index contributed by atoms with van der Waals surface area (Å²) in [4.78, 5) is -0.0888. The Hall–Kier alpha value is -0.140. The summed E-state index contributed by atoms with van der Waals surface area (Å²) in [5.74, 6) is 1.84. The third-order valence-electron chi connectivity index (χ3n) is 2.79. The second-order valence-electron chi connectivity index (χ2n) is 4.34. The number of hydrogen-bond donors (Lipinski definition) is 2. The topological polar surface area (TPSA) is 72.2 Å². The van der Waals surface area contributed by atoms with Crippen LogP contribution < -0.4 is 10.5 Å². The minimum atomic E-state index is -3.72. The number of nitrogen functional groups attached to an aromatic ring is 1. The molecule has 19 heavy (non-hydrogen) atoms. The van der Waals surface area contributed by atoms with E-state index in [4.69, 9.17) is 28.9 Å². The lowest BCUT2D eigenvalue weighted by atomic mass is 10.2. The highest BCUT2D eigenvalue weighted by Gasteiger charge is 2.26. The second-order valence-corrected chi connectivity index (χ2v) is 7.99. The van der Waals surface area contributed by atoms with E-state index in [-0.39, 0.29) is 21.6 Å². The standard InChI is InChI=1S/C11H14Cl2N2O2S2/c12-7-4-9(13)11(10(14)5-7)19(16,17)15-8-2-1-3-18-6-8/h4-5,8,15H,1-3,6,14H2. The van der Waals surface area contributed by atoms with Crippen LogP contribution in [0.5, 0.6) is 0 Å². The monoisotopic (exact) mass is 340 g/mol. The molecule has 0 radical (unpaired) electrons. The van der Waals surface area contributed by atoms with Crippen LogP contribution in [0, 0.1) is 0 Å². The first-order valence-electron chi connectivity index (χ1n) is 5.75. The molecule has 0 aromatic heterocycles. The third-order valence-corrected chi connectivity index (χ3v) is 6.27. The molecule has 1 fully saturated rings. The summed E-state index contributed by atoms with van der Waals surface area (Å²) in [7, 11) is -3.72. The number of hydrogen-bond acceptors (Lipinski definition) is 4. The van der Waals surface area contributed by atoms with Crippen LogP contribution in [-0.2, 0) is 10.0 Å². The third kappa shape index (κ3) is 3.70. The van der Waals surface area contributed by atoms with Crippen LogP contribution in [0.15, 0.2) is 17.0 Å². The molecule has 106 valence electrons. The highest BCUT2D eigenvalue weighted by molar-refractivity contribution is 7.99. The lowest BCUT2D eigenvalue weighted by Crippen LogP contribution is -2.38. The van der Waals surface area contributed by atoms with E-state index in [0.717, 1.165) is 24.3 Å². The number of nitrogens with one attached hydrogen (secondary N) is 1. The highest BCUT2D eigenvalue weighted by Crippen LogP contribution is 2.31. The highest BCUT2D eigenvalue weighted by atomic mass is 35.5.